The first-order chi connectivity index (χ1) is 9.54. The van der Waals surface area contributed by atoms with Gasteiger partial charge in [0.05, 0.1) is 4.47 Å². The van der Waals surface area contributed by atoms with E-state index in [9.17, 15) is 4.79 Å². The lowest BCUT2D eigenvalue weighted by molar-refractivity contribution is -0.118. The Kier molecular flexibility index (Phi) is 5.63. The molecule has 0 spiro atoms. The number of benzene rings is 2. The minimum Gasteiger partial charge on any atom is -0.483 e. The lowest BCUT2D eigenvalue weighted by Gasteiger charge is -2.09. The maximum Gasteiger partial charge on any atom is 0.262 e. The summed E-state index contributed by atoms with van der Waals surface area (Å²) in [4.78, 5) is 11.8. The molecule has 6 heteroatoms. The van der Waals surface area contributed by atoms with Gasteiger partial charge in [-0.15, -0.1) is 0 Å². The molecule has 2 rings (SSSR count). The molecule has 0 aliphatic carbocycles. The van der Waals surface area contributed by atoms with Gasteiger partial charge in [-0.3, -0.25) is 4.79 Å². The molecule has 104 valence electrons. The molecule has 0 saturated heterocycles. The number of carbonyl (C=O) groups excluding carboxylic acids is 1. The van der Waals surface area contributed by atoms with Crippen molar-refractivity contribution in [3.05, 3.63) is 55.9 Å². The first-order valence-electron chi connectivity index (χ1n) is 5.68. The van der Waals surface area contributed by atoms with Crippen molar-refractivity contribution in [2.24, 2.45) is 0 Å². The highest BCUT2D eigenvalue weighted by molar-refractivity contribution is 9.11. The van der Waals surface area contributed by atoms with Crippen molar-refractivity contribution < 1.29 is 9.53 Å². The van der Waals surface area contributed by atoms with E-state index in [2.05, 4.69) is 53.1 Å². The third-order valence-electron chi connectivity index (χ3n) is 2.38. The van der Waals surface area contributed by atoms with Gasteiger partial charge in [-0.25, -0.2) is 0 Å². The van der Waals surface area contributed by atoms with E-state index in [4.69, 9.17) is 4.74 Å². The van der Waals surface area contributed by atoms with E-state index >= 15 is 0 Å². The van der Waals surface area contributed by atoms with Crippen LogP contribution in [0.5, 0.6) is 5.75 Å². The third kappa shape index (κ3) is 4.61. The Balaban J connectivity index is 1.90. The third-order valence-corrected chi connectivity index (χ3v) is 4.02. The molecule has 1 N–H and O–H groups in total. The second-order valence-corrected chi connectivity index (χ2v) is 6.60. The number of carbonyl (C=O) groups is 1. The van der Waals surface area contributed by atoms with E-state index in [1.54, 1.807) is 6.07 Å². The van der Waals surface area contributed by atoms with Crippen molar-refractivity contribution >= 4 is 59.4 Å². The Morgan fingerprint density at radius 3 is 2.30 bits per heavy atom. The van der Waals surface area contributed by atoms with Gasteiger partial charge in [-0.1, -0.05) is 31.9 Å². The Hall–Kier alpha value is -0.850. The quantitative estimate of drug-likeness (QED) is 0.693. The maximum absolute atomic E-state index is 11.8. The van der Waals surface area contributed by atoms with Crippen molar-refractivity contribution in [2.75, 3.05) is 11.9 Å². The zero-order chi connectivity index (χ0) is 14.5. The second-order valence-electron chi connectivity index (χ2n) is 3.92. The fourth-order valence-corrected chi connectivity index (χ4v) is 2.89. The highest BCUT2D eigenvalue weighted by Gasteiger charge is 2.06. The van der Waals surface area contributed by atoms with Crippen molar-refractivity contribution in [3.8, 4) is 5.75 Å². The van der Waals surface area contributed by atoms with Crippen molar-refractivity contribution in [1.82, 2.24) is 0 Å². The maximum atomic E-state index is 11.8. The number of halogens is 3. The SMILES string of the molecule is O=C(COc1ccc(Br)cc1Br)Nc1ccc(Br)cc1. The van der Waals surface area contributed by atoms with Crippen LogP contribution in [0, 0.1) is 0 Å². The first-order valence-corrected chi connectivity index (χ1v) is 8.06. The molecular weight excluding hydrogens is 454 g/mol. The van der Waals surface area contributed by atoms with Crippen molar-refractivity contribution in [1.29, 1.82) is 0 Å². The van der Waals surface area contributed by atoms with Gasteiger partial charge in [-0.2, -0.15) is 0 Å². The van der Waals surface area contributed by atoms with Crippen molar-refractivity contribution in [3.63, 3.8) is 0 Å². The molecule has 0 heterocycles. The topological polar surface area (TPSA) is 38.3 Å². The second kappa shape index (κ2) is 7.24. The van der Waals surface area contributed by atoms with Crippen LogP contribution in [0.1, 0.15) is 0 Å². The molecule has 2 aromatic rings. The number of ether oxygens (including phenoxy) is 1. The normalized spacial score (nSPS) is 10.2. The van der Waals surface area contributed by atoms with Crippen LogP contribution in [0.2, 0.25) is 0 Å². The zero-order valence-electron chi connectivity index (χ0n) is 10.2. The summed E-state index contributed by atoms with van der Waals surface area (Å²) >= 11 is 10.1. The largest absolute Gasteiger partial charge is 0.483 e. The highest BCUT2D eigenvalue weighted by atomic mass is 79.9. The molecule has 0 aliphatic heterocycles. The molecule has 20 heavy (non-hydrogen) atoms. The van der Waals surface area contributed by atoms with Gasteiger partial charge in [0.25, 0.3) is 5.91 Å². The summed E-state index contributed by atoms with van der Waals surface area (Å²) in [5.41, 5.74) is 0.733. The van der Waals surface area contributed by atoms with Crippen LogP contribution in [-0.4, -0.2) is 12.5 Å². The number of nitrogens with one attached hydrogen (secondary N) is 1. The van der Waals surface area contributed by atoms with E-state index in [0.717, 1.165) is 19.1 Å². The molecule has 0 fully saturated rings. The molecule has 0 unspecified atom stereocenters. The lowest BCUT2D eigenvalue weighted by Crippen LogP contribution is -2.20. The summed E-state index contributed by atoms with van der Waals surface area (Å²) in [6.07, 6.45) is 0. The molecule has 2 aromatic carbocycles. The first kappa shape index (κ1) is 15.5. The van der Waals surface area contributed by atoms with Crippen LogP contribution in [0.3, 0.4) is 0 Å². The summed E-state index contributed by atoms with van der Waals surface area (Å²) < 4.78 is 8.16. The number of amides is 1. The van der Waals surface area contributed by atoms with Crippen LogP contribution >= 0.6 is 47.8 Å². The molecular formula is C14H10Br3NO2. The van der Waals surface area contributed by atoms with Gasteiger partial charge in [0.1, 0.15) is 5.75 Å². The van der Waals surface area contributed by atoms with Gasteiger partial charge in [0.2, 0.25) is 0 Å². The molecule has 0 bridgehead atoms. The smallest absolute Gasteiger partial charge is 0.262 e. The number of hydrogen-bond acceptors (Lipinski definition) is 2. The summed E-state index contributed by atoms with van der Waals surface area (Å²) in [5.74, 6) is 0.418. The molecule has 1 amide bonds. The minimum atomic E-state index is -0.206. The monoisotopic (exact) mass is 461 g/mol. The van der Waals surface area contributed by atoms with Gasteiger partial charge in [0.15, 0.2) is 6.61 Å². The number of anilines is 1. The predicted molar refractivity (Wildman–Crippen MR) is 90.1 cm³/mol. The summed E-state index contributed by atoms with van der Waals surface area (Å²) in [7, 11) is 0. The Labute approximate surface area is 142 Å². The van der Waals surface area contributed by atoms with Crippen LogP contribution in [0.4, 0.5) is 5.69 Å². The molecule has 0 aliphatic rings. The average molecular weight is 464 g/mol. The average Bonchev–Trinajstić information content (AvgIpc) is 2.40. The van der Waals surface area contributed by atoms with Crippen LogP contribution < -0.4 is 10.1 Å². The Bertz CT molecular complexity index is 614. The summed E-state index contributed by atoms with van der Waals surface area (Å²) in [5, 5.41) is 2.76. The molecule has 0 atom stereocenters. The van der Waals surface area contributed by atoms with E-state index in [0.29, 0.717) is 5.75 Å². The van der Waals surface area contributed by atoms with E-state index in [-0.39, 0.29) is 12.5 Å². The molecule has 3 nitrogen and oxygen atoms in total. The van der Waals surface area contributed by atoms with Gasteiger partial charge >= 0.3 is 0 Å². The minimum absolute atomic E-state index is 0.0453. The summed E-state index contributed by atoms with van der Waals surface area (Å²) in [6, 6.07) is 12.9. The fraction of sp³-hybridized carbons (Fsp3) is 0.0714. The van der Waals surface area contributed by atoms with Gasteiger partial charge in [-0.05, 0) is 58.4 Å². The molecule has 0 aromatic heterocycles. The predicted octanol–water partition coefficient (Wildman–Crippen LogP) is 4.99. The molecule has 0 radical (unpaired) electrons. The Morgan fingerprint density at radius 2 is 1.65 bits per heavy atom. The standard InChI is InChI=1S/C14H10Br3NO2/c15-9-1-4-11(5-2-9)18-14(19)8-20-13-6-3-10(16)7-12(13)17/h1-7H,8H2,(H,18,19). The van der Waals surface area contributed by atoms with Crippen molar-refractivity contribution in [2.45, 2.75) is 0 Å². The number of hydrogen-bond donors (Lipinski definition) is 1. The lowest BCUT2D eigenvalue weighted by atomic mass is 10.3. The Morgan fingerprint density at radius 1 is 1.00 bits per heavy atom. The summed E-state index contributed by atoms with van der Waals surface area (Å²) in [6.45, 7) is -0.0453. The fourth-order valence-electron chi connectivity index (χ4n) is 1.47. The van der Waals surface area contributed by atoms with E-state index in [1.807, 2.05) is 36.4 Å². The van der Waals surface area contributed by atoms with Gasteiger partial charge < -0.3 is 10.1 Å². The van der Waals surface area contributed by atoms with Crippen LogP contribution in [0.15, 0.2) is 55.9 Å². The van der Waals surface area contributed by atoms with Crippen LogP contribution in [0.25, 0.3) is 0 Å². The van der Waals surface area contributed by atoms with Crippen LogP contribution in [-0.2, 0) is 4.79 Å². The molecule has 0 saturated carbocycles. The van der Waals surface area contributed by atoms with Gasteiger partial charge in [0, 0.05) is 14.6 Å². The van der Waals surface area contributed by atoms with E-state index < -0.39 is 0 Å². The highest BCUT2D eigenvalue weighted by Crippen LogP contribution is 2.28. The number of rotatable bonds is 4. The van der Waals surface area contributed by atoms with E-state index in [1.165, 1.54) is 0 Å². The zero-order valence-corrected chi connectivity index (χ0v) is 15.0.